The normalized spacial score (nSPS) is 19.0. The van der Waals surface area contributed by atoms with Crippen molar-refractivity contribution < 1.29 is 60.2 Å². The van der Waals surface area contributed by atoms with Crippen molar-refractivity contribution in [1.82, 2.24) is 0 Å². The van der Waals surface area contributed by atoms with Crippen molar-refractivity contribution in [2.45, 2.75) is 23.9 Å². The van der Waals surface area contributed by atoms with Crippen LogP contribution in [0.3, 0.4) is 0 Å². The summed E-state index contributed by atoms with van der Waals surface area (Å²) in [6, 6.07) is 23.8. The highest BCUT2D eigenvalue weighted by molar-refractivity contribution is 5.93. The molecule has 1 aliphatic heterocycles. The van der Waals surface area contributed by atoms with Crippen molar-refractivity contribution in [1.29, 1.82) is 0 Å². The van der Waals surface area contributed by atoms with Crippen LogP contribution in [0.5, 0.6) is 69.0 Å². The molecule has 6 aromatic rings. The van der Waals surface area contributed by atoms with Crippen LogP contribution in [0.25, 0.3) is 11.6 Å². The van der Waals surface area contributed by atoms with Crippen LogP contribution in [0, 0.1) is 0 Å². The van der Waals surface area contributed by atoms with Crippen LogP contribution >= 0.6 is 0 Å². The minimum absolute atomic E-state index is 0.0749. The number of phenols is 9. The first-order valence-electron chi connectivity index (χ1n) is 17.4. The van der Waals surface area contributed by atoms with Crippen molar-refractivity contribution in [3.05, 3.63) is 142 Å². The molecule has 56 heavy (non-hydrogen) atoms. The number of rotatable bonds is 7. The van der Waals surface area contributed by atoms with Crippen molar-refractivity contribution in [3.8, 4) is 69.0 Å². The van der Waals surface area contributed by atoms with Crippen LogP contribution in [0.15, 0.2) is 97.1 Å². The van der Waals surface area contributed by atoms with E-state index in [1.165, 1.54) is 80.9 Å². The Bertz CT molecular complexity index is 2540. The van der Waals surface area contributed by atoms with Gasteiger partial charge in [-0.05, 0) is 106 Å². The number of aromatic hydroxyl groups is 9. The summed E-state index contributed by atoms with van der Waals surface area (Å²) in [5, 5.41) is 95.9. The molecule has 0 fully saturated rings. The highest BCUT2D eigenvalue weighted by Crippen LogP contribution is 2.60. The Labute approximate surface area is 319 Å². The van der Waals surface area contributed by atoms with Crippen molar-refractivity contribution >= 4 is 11.6 Å². The zero-order valence-electron chi connectivity index (χ0n) is 29.9. The van der Waals surface area contributed by atoms with Gasteiger partial charge in [-0.15, -0.1) is 0 Å². The van der Waals surface area contributed by atoms with E-state index in [1.807, 2.05) is 12.1 Å². The number of hydrogen-bond donors (Lipinski definition) is 9. The fourth-order valence-electron chi connectivity index (χ4n) is 8.19. The Kier molecular flexibility index (Phi) is 8.60. The van der Waals surface area contributed by atoms with Crippen molar-refractivity contribution in [3.63, 3.8) is 0 Å². The van der Waals surface area contributed by atoms with Crippen LogP contribution in [0.1, 0.15) is 68.4 Å². The summed E-state index contributed by atoms with van der Waals surface area (Å²) < 4.78 is 17.9. The summed E-state index contributed by atoms with van der Waals surface area (Å²) in [6.45, 7) is 0. The molecule has 4 atom stereocenters. The summed E-state index contributed by atoms with van der Waals surface area (Å²) in [5.41, 5.74) is 4.58. The molecule has 6 aromatic carbocycles. The maximum absolute atomic E-state index is 11.4. The molecule has 0 saturated heterocycles. The van der Waals surface area contributed by atoms with Crippen LogP contribution in [0.4, 0.5) is 0 Å². The number of benzene rings is 6. The summed E-state index contributed by atoms with van der Waals surface area (Å²) in [6.07, 6.45) is 1.06. The highest BCUT2D eigenvalue weighted by Gasteiger charge is 2.43. The third kappa shape index (κ3) is 6.06. The molecule has 0 saturated carbocycles. The summed E-state index contributed by atoms with van der Waals surface area (Å²) in [5.74, 6) is -3.33. The quantitative estimate of drug-likeness (QED) is 0.0715. The molecule has 2 aliphatic rings. The fourth-order valence-corrected chi connectivity index (χ4v) is 8.19. The Hall–Kier alpha value is -7.34. The average molecular weight is 757 g/mol. The molecule has 0 unspecified atom stereocenters. The molecule has 0 bridgehead atoms. The Balaban J connectivity index is 1.38. The van der Waals surface area contributed by atoms with Crippen LogP contribution in [-0.4, -0.2) is 60.2 Å². The van der Waals surface area contributed by atoms with Crippen LogP contribution in [-0.2, 0) is 0 Å². The van der Waals surface area contributed by atoms with E-state index in [0.717, 1.165) is 0 Å². The first kappa shape index (κ1) is 35.7. The number of ether oxygens (including phenoxy) is 3. The number of methoxy groups -OCH3 is 2. The van der Waals surface area contributed by atoms with Gasteiger partial charge in [0.1, 0.15) is 40.6 Å². The Morgan fingerprint density at radius 1 is 0.482 bits per heavy atom. The van der Waals surface area contributed by atoms with Gasteiger partial charge < -0.3 is 60.2 Å². The van der Waals surface area contributed by atoms with E-state index in [1.54, 1.807) is 24.3 Å². The molecule has 284 valence electrons. The second-order valence-corrected chi connectivity index (χ2v) is 13.9. The second-order valence-electron chi connectivity index (χ2n) is 13.9. The van der Waals surface area contributed by atoms with Gasteiger partial charge in [-0.25, -0.2) is 0 Å². The largest absolute Gasteiger partial charge is 0.508 e. The zero-order valence-corrected chi connectivity index (χ0v) is 29.9. The van der Waals surface area contributed by atoms with E-state index in [2.05, 4.69) is 0 Å². The van der Waals surface area contributed by atoms with Crippen molar-refractivity contribution in [2.75, 3.05) is 14.2 Å². The van der Waals surface area contributed by atoms with Gasteiger partial charge in [0.2, 0.25) is 0 Å². The SMILES string of the molecule is COc1cc([C@H]2Oc3c(OC)cc(/C=C4/c5cc(O)cc(O)c5[C@H](c5ccc(O)c(O)c5)[C@H]4c4cc(O)cc(O)c4)cc3[C@@H]2c2cc(O)cc(O)c2)ccc1O. The average Bonchev–Trinajstić information content (AvgIpc) is 3.68. The molecule has 0 spiro atoms. The third-order valence-electron chi connectivity index (χ3n) is 10.4. The van der Waals surface area contributed by atoms with E-state index in [9.17, 15) is 46.0 Å². The number of hydrogen-bond acceptors (Lipinski definition) is 12. The molecule has 1 aliphatic carbocycles. The molecule has 12 heteroatoms. The summed E-state index contributed by atoms with van der Waals surface area (Å²) in [7, 11) is 2.91. The van der Waals surface area contributed by atoms with E-state index in [0.29, 0.717) is 61.6 Å². The predicted molar refractivity (Wildman–Crippen MR) is 204 cm³/mol. The molecular formula is C44H36O12. The lowest BCUT2D eigenvalue weighted by molar-refractivity contribution is 0.213. The molecule has 0 radical (unpaired) electrons. The maximum atomic E-state index is 11.4. The molecule has 9 N–H and O–H groups in total. The van der Waals surface area contributed by atoms with Gasteiger partial charge in [0.25, 0.3) is 0 Å². The minimum Gasteiger partial charge on any atom is -0.508 e. The van der Waals surface area contributed by atoms with Gasteiger partial charge in [-0.3, -0.25) is 0 Å². The van der Waals surface area contributed by atoms with Gasteiger partial charge in [-0.1, -0.05) is 18.2 Å². The number of allylic oxidation sites excluding steroid dienone is 1. The molecule has 0 amide bonds. The predicted octanol–water partition coefficient (Wildman–Crippen LogP) is 7.79. The smallest absolute Gasteiger partial charge is 0.166 e. The lowest BCUT2D eigenvalue weighted by Gasteiger charge is -2.24. The standard InChI is InChI=1S/C44H36O12/c1-54-37-15-22(4-6-34(37)51)43-40(24-12-27(47)17-28(48)13-24)32-8-20(9-38(55-2)44(32)56-43)7-30-31-18-29(49)19-36(53)42(31)41(21-3-5-33(50)35(52)14-21)39(30)23-10-25(45)16-26(46)11-23/h3-19,39-41,43,45-53H,1-2H3/b30-7-/t39-,40-,41+,43+/m0/s1. The lowest BCUT2D eigenvalue weighted by atomic mass is 9.79. The number of fused-ring (bicyclic) bond motifs is 2. The van der Waals surface area contributed by atoms with Gasteiger partial charge in [-0.2, -0.15) is 0 Å². The molecule has 8 rings (SSSR count). The third-order valence-corrected chi connectivity index (χ3v) is 10.4. The fraction of sp³-hybridized carbons (Fsp3) is 0.136. The topological polar surface area (TPSA) is 210 Å². The first-order valence-corrected chi connectivity index (χ1v) is 17.4. The van der Waals surface area contributed by atoms with E-state index in [-0.39, 0.29) is 51.7 Å². The van der Waals surface area contributed by atoms with Gasteiger partial charge in [0, 0.05) is 41.2 Å². The van der Waals surface area contributed by atoms with Crippen molar-refractivity contribution in [2.24, 2.45) is 0 Å². The minimum atomic E-state index is -0.763. The van der Waals surface area contributed by atoms with Gasteiger partial charge in [0.15, 0.2) is 34.5 Å². The first-order chi connectivity index (χ1) is 26.8. The lowest BCUT2D eigenvalue weighted by Crippen LogP contribution is -2.11. The van der Waals surface area contributed by atoms with Gasteiger partial charge in [0.05, 0.1) is 20.1 Å². The highest BCUT2D eigenvalue weighted by atomic mass is 16.5. The van der Waals surface area contributed by atoms with E-state index >= 15 is 0 Å². The summed E-state index contributed by atoms with van der Waals surface area (Å²) >= 11 is 0. The van der Waals surface area contributed by atoms with Crippen LogP contribution < -0.4 is 14.2 Å². The number of phenolic OH excluding ortho intramolecular Hbond substituents is 9. The molecule has 0 aromatic heterocycles. The Morgan fingerprint density at radius 2 is 1.07 bits per heavy atom. The molecule has 1 heterocycles. The molecular weight excluding hydrogens is 720 g/mol. The van der Waals surface area contributed by atoms with Crippen LogP contribution in [0.2, 0.25) is 0 Å². The second kappa shape index (κ2) is 13.5. The maximum Gasteiger partial charge on any atom is 0.166 e. The zero-order chi connectivity index (χ0) is 39.6. The Morgan fingerprint density at radius 3 is 1.70 bits per heavy atom. The molecule has 12 nitrogen and oxygen atoms in total. The van der Waals surface area contributed by atoms with E-state index < -0.39 is 29.6 Å². The monoisotopic (exact) mass is 756 g/mol. The van der Waals surface area contributed by atoms with Gasteiger partial charge >= 0.3 is 0 Å². The van der Waals surface area contributed by atoms with E-state index in [4.69, 9.17) is 14.2 Å². The summed E-state index contributed by atoms with van der Waals surface area (Å²) in [4.78, 5) is 0.